The molecule has 2 heterocycles. The Kier molecular flexibility index (Phi) is 6.22. The van der Waals surface area contributed by atoms with E-state index in [1.807, 2.05) is 6.07 Å². The molecule has 1 N–H and O–H groups in total. The molecule has 2 aromatic carbocycles. The van der Waals surface area contributed by atoms with Gasteiger partial charge in [0, 0.05) is 25.2 Å². The second-order valence-electron chi connectivity index (χ2n) is 7.71. The molecular formula is C22H26Cl2N4. The third-order valence-electron chi connectivity index (χ3n) is 5.45. The van der Waals surface area contributed by atoms with Crippen molar-refractivity contribution in [1.82, 2.24) is 19.8 Å². The van der Waals surface area contributed by atoms with Crippen molar-refractivity contribution in [1.29, 1.82) is 0 Å². The van der Waals surface area contributed by atoms with Crippen molar-refractivity contribution in [2.75, 3.05) is 33.2 Å². The Balaban J connectivity index is 1.38. The summed E-state index contributed by atoms with van der Waals surface area (Å²) in [4.78, 5) is 13.0. The number of H-pyrrole nitrogens is 1. The molecule has 0 aliphatic carbocycles. The van der Waals surface area contributed by atoms with Crippen LogP contribution in [0.1, 0.15) is 24.8 Å². The van der Waals surface area contributed by atoms with Crippen molar-refractivity contribution in [3.63, 3.8) is 0 Å². The van der Waals surface area contributed by atoms with E-state index in [9.17, 15) is 0 Å². The number of hydrogen-bond acceptors (Lipinski definition) is 3. The van der Waals surface area contributed by atoms with Gasteiger partial charge in [-0.1, -0.05) is 53.9 Å². The third-order valence-corrected chi connectivity index (χ3v) is 6.17. The molecule has 4 rings (SSSR count). The highest BCUT2D eigenvalue weighted by Gasteiger charge is 2.11. The van der Waals surface area contributed by atoms with Gasteiger partial charge in [-0.05, 0) is 50.7 Å². The Morgan fingerprint density at radius 1 is 1.04 bits per heavy atom. The second kappa shape index (κ2) is 8.83. The molecule has 0 saturated carbocycles. The highest BCUT2D eigenvalue weighted by molar-refractivity contribution is 6.42. The Morgan fingerprint density at radius 2 is 1.75 bits per heavy atom. The van der Waals surface area contributed by atoms with Gasteiger partial charge in [-0.3, -0.25) is 0 Å². The smallest absolute Gasteiger partial charge is 0.138 e. The van der Waals surface area contributed by atoms with Crippen LogP contribution >= 0.6 is 23.2 Å². The molecule has 148 valence electrons. The van der Waals surface area contributed by atoms with Crippen LogP contribution in [0.2, 0.25) is 10.0 Å². The minimum absolute atomic E-state index is 0.523. The summed E-state index contributed by atoms with van der Waals surface area (Å²) in [7, 11) is 2.20. The van der Waals surface area contributed by atoms with Crippen LogP contribution in [0, 0.1) is 0 Å². The maximum atomic E-state index is 6.10. The molecule has 3 aromatic rings. The van der Waals surface area contributed by atoms with Gasteiger partial charge in [0.15, 0.2) is 0 Å². The van der Waals surface area contributed by atoms with Crippen molar-refractivity contribution < 1.29 is 0 Å². The normalized spacial score (nSPS) is 15.6. The summed E-state index contributed by atoms with van der Waals surface area (Å²) >= 11 is 12.2. The number of fused-ring (bicyclic) bond motifs is 1. The summed E-state index contributed by atoms with van der Waals surface area (Å²) in [6, 6.07) is 12.2. The number of imidazole rings is 1. The second-order valence-corrected chi connectivity index (χ2v) is 8.52. The molecule has 6 heteroatoms. The fourth-order valence-corrected chi connectivity index (χ4v) is 4.12. The monoisotopic (exact) mass is 416 g/mol. The molecule has 1 fully saturated rings. The fourth-order valence-electron chi connectivity index (χ4n) is 3.80. The minimum atomic E-state index is 0.523. The van der Waals surface area contributed by atoms with Gasteiger partial charge < -0.3 is 14.8 Å². The van der Waals surface area contributed by atoms with E-state index in [1.54, 1.807) is 6.07 Å². The summed E-state index contributed by atoms with van der Waals surface area (Å²) in [6.45, 7) is 5.75. The van der Waals surface area contributed by atoms with E-state index in [2.05, 4.69) is 51.1 Å². The Hall–Kier alpha value is -1.59. The predicted octanol–water partition coefficient (Wildman–Crippen LogP) is 5.45. The topological polar surface area (TPSA) is 35.2 Å². The molecule has 0 atom stereocenters. The van der Waals surface area contributed by atoms with Crippen LogP contribution in [0.15, 0.2) is 36.4 Å². The van der Waals surface area contributed by atoms with E-state index in [4.69, 9.17) is 23.2 Å². The van der Waals surface area contributed by atoms with E-state index in [0.717, 1.165) is 35.5 Å². The standard InChI is InChI=1S/C22H26Cl2N4/c1-27(11-12-28-9-3-2-4-10-28)15-16-5-7-17(8-6-16)22-25-20-13-18(23)19(24)14-21(20)26-22/h5-8,13-14H,2-4,9-12,15H2,1H3,(H,25,26). The molecule has 28 heavy (non-hydrogen) atoms. The maximum absolute atomic E-state index is 6.10. The molecule has 0 unspecified atom stereocenters. The van der Waals surface area contributed by atoms with Crippen molar-refractivity contribution in [3.8, 4) is 11.4 Å². The van der Waals surface area contributed by atoms with Gasteiger partial charge in [-0.25, -0.2) is 4.98 Å². The Bertz CT molecular complexity index is 891. The maximum Gasteiger partial charge on any atom is 0.138 e. The predicted molar refractivity (Wildman–Crippen MR) is 118 cm³/mol. The molecule has 0 radical (unpaired) electrons. The number of nitrogens with one attached hydrogen (secondary N) is 1. The van der Waals surface area contributed by atoms with Crippen LogP contribution < -0.4 is 0 Å². The Morgan fingerprint density at radius 3 is 2.50 bits per heavy atom. The summed E-state index contributed by atoms with van der Waals surface area (Å²) in [5.41, 5.74) is 4.09. The summed E-state index contributed by atoms with van der Waals surface area (Å²) in [5.74, 6) is 0.832. The van der Waals surface area contributed by atoms with E-state index < -0.39 is 0 Å². The molecule has 0 amide bonds. The first kappa shape index (κ1) is 19.7. The summed E-state index contributed by atoms with van der Waals surface area (Å²) < 4.78 is 0. The lowest BCUT2D eigenvalue weighted by Gasteiger charge is -2.28. The first-order valence-electron chi connectivity index (χ1n) is 9.93. The van der Waals surface area contributed by atoms with Crippen molar-refractivity contribution in [2.45, 2.75) is 25.8 Å². The molecular weight excluding hydrogens is 391 g/mol. The number of rotatable bonds is 6. The summed E-state index contributed by atoms with van der Waals surface area (Å²) in [5, 5.41) is 1.06. The number of aromatic nitrogens is 2. The molecule has 4 nitrogen and oxygen atoms in total. The number of piperidine rings is 1. The average molecular weight is 417 g/mol. The van der Waals surface area contributed by atoms with Crippen LogP contribution in [0.5, 0.6) is 0 Å². The van der Waals surface area contributed by atoms with Crippen molar-refractivity contribution in [3.05, 3.63) is 52.0 Å². The zero-order valence-corrected chi connectivity index (χ0v) is 17.7. The molecule has 0 spiro atoms. The minimum Gasteiger partial charge on any atom is -0.338 e. The van der Waals surface area contributed by atoms with Crippen molar-refractivity contribution >= 4 is 34.2 Å². The van der Waals surface area contributed by atoms with Crippen LogP contribution in [-0.2, 0) is 6.54 Å². The first-order valence-corrected chi connectivity index (χ1v) is 10.7. The number of aromatic amines is 1. The molecule has 1 aliphatic rings. The van der Waals surface area contributed by atoms with Gasteiger partial charge in [0.25, 0.3) is 0 Å². The number of likely N-dealkylation sites (N-methyl/N-ethyl adjacent to an activating group) is 1. The van der Waals surface area contributed by atoms with Gasteiger partial charge >= 0.3 is 0 Å². The lowest BCUT2D eigenvalue weighted by atomic mass is 10.1. The lowest BCUT2D eigenvalue weighted by Crippen LogP contribution is -2.36. The lowest BCUT2D eigenvalue weighted by molar-refractivity contribution is 0.194. The zero-order valence-electron chi connectivity index (χ0n) is 16.2. The van der Waals surface area contributed by atoms with Crippen LogP contribution in [-0.4, -0.2) is 53.0 Å². The van der Waals surface area contributed by atoms with E-state index in [0.29, 0.717) is 10.0 Å². The zero-order chi connectivity index (χ0) is 19.5. The average Bonchev–Trinajstić information content (AvgIpc) is 3.11. The van der Waals surface area contributed by atoms with Crippen LogP contribution in [0.3, 0.4) is 0 Å². The molecule has 1 saturated heterocycles. The molecule has 0 bridgehead atoms. The van der Waals surface area contributed by atoms with Gasteiger partial charge in [-0.2, -0.15) is 0 Å². The number of nitrogens with zero attached hydrogens (tertiary/aromatic N) is 3. The van der Waals surface area contributed by atoms with Gasteiger partial charge in [0.05, 0.1) is 21.1 Å². The SMILES string of the molecule is CN(CCN1CCCCC1)Cc1ccc(-c2nc3cc(Cl)c(Cl)cc3[nH]2)cc1. The quantitative estimate of drug-likeness (QED) is 0.579. The largest absolute Gasteiger partial charge is 0.338 e. The van der Waals surface area contributed by atoms with E-state index in [-0.39, 0.29) is 0 Å². The van der Waals surface area contributed by atoms with Crippen molar-refractivity contribution in [2.24, 2.45) is 0 Å². The van der Waals surface area contributed by atoms with Gasteiger partial charge in [0.1, 0.15) is 5.82 Å². The highest BCUT2D eigenvalue weighted by atomic mass is 35.5. The molecule has 1 aromatic heterocycles. The third kappa shape index (κ3) is 4.69. The number of hydrogen-bond donors (Lipinski definition) is 1. The molecule has 1 aliphatic heterocycles. The highest BCUT2D eigenvalue weighted by Crippen LogP contribution is 2.28. The number of likely N-dealkylation sites (tertiary alicyclic amines) is 1. The number of benzene rings is 2. The van der Waals surface area contributed by atoms with Gasteiger partial charge in [0.2, 0.25) is 0 Å². The van der Waals surface area contributed by atoms with Crippen LogP contribution in [0.4, 0.5) is 0 Å². The van der Waals surface area contributed by atoms with E-state index in [1.165, 1.54) is 44.5 Å². The Labute approximate surface area is 176 Å². The first-order chi connectivity index (χ1) is 13.6. The van der Waals surface area contributed by atoms with E-state index >= 15 is 0 Å². The fraction of sp³-hybridized carbons (Fsp3) is 0.409. The summed E-state index contributed by atoms with van der Waals surface area (Å²) in [6.07, 6.45) is 4.10. The number of halogens is 2. The van der Waals surface area contributed by atoms with Crippen LogP contribution in [0.25, 0.3) is 22.4 Å². The van der Waals surface area contributed by atoms with Gasteiger partial charge in [-0.15, -0.1) is 0 Å².